The van der Waals surface area contributed by atoms with Gasteiger partial charge in [0.1, 0.15) is 0 Å². The number of aromatic nitrogens is 3. The van der Waals surface area contributed by atoms with Gasteiger partial charge in [-0.1, -0.05) is 29.3 Å². The summed E-state index contributed by atoms with van der Waals surface area (Å²) >= 11 is 12.2. The average Bonchev–Trinajstić information content (AvgIpc) is 2.75. The van der Waals surface area contributed by atoms with Gasteiger partial charge in [0, 0.05) is 15.6 Å². The fourth-order valence-corrected chi connectivity index (χ4v) is 3.22. The number of ether oxygens (including phenoxy) is 2. The van der Waals surface area contributed by atoms with Gasteiger partial charge < -0.3 is 15.2 Å². The summed E-state index contributed by atoms with van der Waals surface area (Å²) in [5, 5.41) is 5.69. The second kappa shape index (κ2) is 10.1. The molecule has 0 aliphatic rings. The molecule has 12 heteroatoms. The summed E-state index contributed by atoms with van der Waals surface area (Å²) in [5.74, 6) is -0.664. The Kier molecular flexibility index (Phi) is 7.29. The second-order valence-corrected chi connectivity index (χ2v) is 7.10. The summed E-state index contributed by atoms with van der Waals surface area (Å²) < 4.78 is 10.3. The van der Waals surface area contributed by atoms with Crippen molar-refractivity contribution in [1.82, 2.24) is 15.0 Å². The van der Waals surface area contributed by atoms with Crippen LogP contribution in [0.5, 0.6) is 11.5 Å². The molecule has 1 heterocycles. The molecule has 32 heavy (non-hydrogen) atoms. The van der Waals surface area contributed by atoms with E-state index in [1.807, 2.05) is 0 Å². The molecular weight excluding hydrogens is 459 g/mol. The first-order valence-electron chi connectivity index (χ1n) is 9.08. The first kappa shape index (κ1) is 23.0. The number of carbonyl (C=O) groups excluding carboxylic acids is 2. The molecule has 0 aliphatic carbocycles. The summed E-state index contributed by atoms with van der Waals surface area (Å²) in [6.07, 6.45) is -0.114. The minimum atomic E-state index is -0.531. The summed E-state index contributed by atoms with van der Waals surface area (Å²) in [4.78, 5) is 36.7. The van der Waals surface area contributed by atoms with Gasteiger partial charge in [-0.05, 0) is 35.9 Å². The predicted molar refractivity (Wildman–Crippen MR) is 121 cm³/mol. The molecular formula is C20H18Cl2N6O4. The van der Waals surface area contributed by atoms with Crippen molar-refractivity contribution in [2.75, 3.05) is 30.6 Å². The van der Waals surface area contributed by atoms with Crippen molar-refractivity contribution in [3.8, 4) is 11.5 Å². The summed E-state index contributed by atoms with van der Waals surface area (Å²) in [6, 6.07) is 9.54. The maximum atomic E-state index is 12.6. The standard InChI is InChI=1S/C20H18Cl2N6O4/c1-31-14-7-6-10(8-15(14)32-2)17(30)25-20-27-18(23)26-19(28-20)24-16(29)9-11-12(21)4-3-5-13(11)22/h3-8H,9H2,1-2H3,(H4,23,24,25,26,27,28,29,30). The second-order valence-electron chi connectivity index (χ2n) is 6.29. The van der Waals surface area contributed by atoms with E-state index < -0.39 is 11.8 Å². The fraction of sp³-hybridized carbons (Fsp3) is 0.150. The molecule has 2 aromatic carbocycles. The van der Waals surface area contributed by atoms with E-state index >= 15 is 0 Å². The Balaban J connectivity index is 1.74. The third-order valence-corrected chi connectivity index (χ3v) is 4.88. The number of nitrogens with two attached hydrogens (primary N) is 1. The van der Waals surface area contributed by atoms with Crippen LogP contribution in [0.25, 0.3) is 0 Å². The van der Waals surface area contributed by atoms with Crippen LogP contribution in [-0.4, -0.2) is 41.0 Å². The number of carbonyl (C=O) groups is 2. The highest BCUT2D eigenvalue weighted by Crippen LogP contribution is 2.28. The summed E-state index contributed by atoms with van der Waals surface area (Å²) in [7, 11) is 2.94. The third-order valence-electron chi connectivity index (χ3n) is 4.17. The Bertz CT molecular complexity index is 1150. The van der Waals surface area contributed by atoms with E-state index in [9.17, 15) is 9.59 Å². The average molecular weight is 477 g/mol. The van der Waals surface area contributed by atoms with Crippen LogP contribution in [0.1, 0.15) is 15.9 Å². The zero-order valence-electron chi connectivity index (χ0n) is 17.0. The summed E-state index contributed by atoms with van der Waals surface area (Å²) in [6.45, 7) is 0. The van der Waals surface area contributed by atoms with Gasteiger partial charge in [-0.25, -0.2) is 0 Å². The first-order valence-corrected chi connectivity index (χ1v) is 9.84. The van der Waals surface area contributed by atoms with E-state index in [2.05, 4.69) is 25.6 Å². The maximum Gasteiger partial charge on any atom is 0.258 e. The number of hydrogen-bond acceptors (Lipinski definition) is 8. The molecule has 3 aromatic rings. The number of nitrogen functional groups attached to an aromatic ring is 1. The molecule has 3 rings (SSSR count). The smallest absolute Gasteiger partial charge is 0.258 e. The Morgan fingerprint density at radius 1 is 0.938 bits per heavy atom. The molecule has 0 saturated heterocycles. The minimum Gasteiger partial charge on any atom is -0.493 e. The SMILES string of the molecule is COc1ccc(C(=O)Nc2nc(N)nc(NC(=O)Cc3c(Cl)cccc3Cl)n2)cc1OC. The van der Waals surface area contributed by atoms with Crippen molar-refractivity contribution in [2.45, 2.75) is 6.42 Å². The van der Waals surface area contributed by atoms with E-state index in [1.54, 1.807) is 24.3 Å². The van der Waals surface area contributed by atoms with Crippen molar-refractivity contribution in [3.63, 3.8) is 0 Å². The van der Waals surface area contributed by atoms with E-state index in [-0.39, 0.29) is 29.8 Å². The van der Waals surface area contributed by atoms with Crippen molar-refractivity contribution >= 4 is 52.9 Å². The Labute approximate surface area is 193 Å². The zero-order valence-corrected chi connectivity index (χ0v) is 18.5. The van der Waals surface area contributed by atoms with Crippen LogP contribution in [0.2, 0.25) is 10.0 Å². The lowest BCUT2D eigenvalue weighted by atomic mass is 10.1. The fourth-order valence-electron chi connectivity index (χ4n) is 2.69. The molecule has 0 atom stereocenters. The van der Waals surface area contributed by atoms with Gasteiger partial charge in [0.15, 0.2) is 11.5 Å². The monoisotopic (exact) mass is 476 g/mol. The molecule has 166 valence electrons. The van der Waals surface area contributed by atoms with Crippen LogP contribution >= 0.6 is 23.2 Å². The van der Waals surface area contributed by atoms with Gasteiger partial charge in [0.05, 0.1) is 20.6 Å². The number of hydrogen-bond donors (Lipinski definition) is 3. The summed E-state index contributed by atoms with van der Waals surface area (Å²) in [5.41, 5.74) is 6.41. The normalized spacial score (nSPS) is 10.4. The molecule has 0 aliphatic heterocycles. The molecule has 2 amide bonds. The molecule has 10 nitrogen and oxygen atoms in total. The van der Waals surface area contributed by atoms with Crippen molar-refractivity contribution < 1.29 is 19.1 Å². The number of rotatable bonds is 7. The molecule has 4 N–H and O–H groups in total. The molecule has 1 aromatic heterocycles. The van der Waals surface area contributed by atoms with Crippen molar-refractivity contribution in [2.24, 2.45) is 0 Å². The van der Waals surface area contributed by atoms with Crippen LogP contribution in [-0.2, 0) is 11.2 Å². The van der Waals surface area contributed by atoms with Gasteiger partial charge in [0.2, 0.25) is 23.8 Å². The Morgan fingerprint density at radius 2 is 1.56 bits per heavy atom. The van der Waals surface area contributed by atoms with Gasteiger partial charge in [-0.2, -0.15) is 15.0 Å². The van der Waals surface area contributed by atoms with Crippen LogP contribution < -0.4 is 25.8 Å². The molecule has 0 unspecified atom stereocenters. The van der Waals surface area contributed by atoms with Gasteiger partial charge in [-0.15, -0.1) is 0 Å². The van der Waals surface area contributed by atoms with Crippen LogP contribution in [0.4, 0.5) is 17.8 Å². The number of anilines is 3. The van der Waals surface area contributed by atoms with Crippen LogP contribution in [0.15, 0.2) is 36.4 Å². The highest BCUT2D eigenvalue weighted by atomic mass is 35.5. The van der Waals surface area contributed by atoms with Crippen molar-refractivity contribution in [1.29, 1.82) is 0 Å². The Hall–Kier alpha value is -3.63. The highest BCUT2D eigenvalue weighted by Gasteiger charge is 2.16. The van der Waals surface area contributed by atoms with Crippen LogP contribution in [0.3, 0.4) is 0 Å². The van der Waals surface area contributed by atoms with Gasteiger partial charge in [-0.3, -0.25) is 20.2 Å². The third kappa shape index (κ3) is 5.54. The highest BCUT2D eigenvalue weighted by molar-refractivity contribution is 6.36. The van der Waals surface area contributed by atoms with E-state index in [1.165, 1.54) is 26.4 Å². The molecule has 0 fully saturated rings. The topological polar surface area (TPSA) is 141 Å². The predicted octanol–water partition coefficient (Wildman–Crippen LogP) is 3.21. The Morgan fingerprint density at radius 3 is 2.19 bits per heavy atom. The van der Waals surface area contributed by atoms with E-state index in [0.29, 0.717) is 27.1 Å². The number of benzene rings is 2. The van der Waals surface area contributed by atoms with Crippen molar-refractivity contribution in [3.05, 3.63) is 57.6 Å². The molecule has 0 spiro atoms. The number of nitrogens with one attached hydrogen (secondary N) is 2. The number of nitrogens with zero attached hydrogens (tertiary/aromatic N) is 3. The number of amides is 2. The molecule has 0 bridgehead atoms. The quantitative estimate of drug-likeness (QED) is 0.471. The lowest BCUT2D eigenvalue weighted by molar-refractivity contribution is -0.115. The largest absolute Gasteiger partial charge is 0.493 e. The van der Waals surface area contributed by atoms with Gasteiger partial charge in [0.25, 0.3) is 5.91 Å². The van der Waals surface area contributed by atoms with Crippen LogP contribution in [0, 0.1) is 0 Å². The first-order chi connectivity index (χ1) is 15.3. The minimum absolute atomic E-state index is 0.114. The maximum absolute atomic E-state index is 12.6. The molecule has 0 radical (unpaired) electrons. The number of methoxy groups -OCH3 is 2. The zero-order chi connectivity index (χ0) is 23.3. The lowest BCUT2D eigenvalue weighted by Gasteiger charge is -2.10. The lowest BCUT2D eigenvalue weighted by Crippen LogP contribution is -2.20. The molecule has 0 saturated carbocycles. The van der Waals surface area contributed by atoms with E-state index in [0.717, 1.165) is 0 Å². The number of halogens is 2. The van der Waals surface area contributed by atoms with E-state index in [4.69, 9.17) is 38.4 Å². The van der Waals surface area contributed by atoms with Gasteiger partial charge >= 0.3 is 0 Å².